The summed E-state index contributed by atoms with van der Waals surface area (Å²) in [5.41, 5.74) is 0.810. The van der Waals surface area contributed by atoms with E-state index in [0.29, 0.717) is 0 Å². The first-order valence-corrected chi connectivity index (χ1v) is 4.38. The van der Waals surface area contributed by atoms with Crippen LogP contribution in [0, 0.1) is 11.3 Å². The normalized spacial score (nSPS) is 36.6. The lowest BCUT2D eigenvalue weighted by molar-refractivity contribution is 0.0414. The Balaban J connectivity index is 1.84. The van der Waals surface area contributed by atoms with Crippen molar-refractivity contribution < 1.29 is 0 Å². The third kappa shape index (κ3) is 0.731. The molecule has 0 aromatic heterocycles. The van der Waals surface area contributed by atoms with Crippen molar-refractivity contribution in [1.29, 1.82) is 0 Å². The van der Waals surface area contributed by atoms with Crippen molar-refractivity contribution in [2.24, 2.45) is 11.3 Å². The largest absolute Gasteiger partial charge is 0.300 e. The zero-order valence-electron chi connectivity index (χ0n) is 7.22. The minimum atomic E-state index is 0.776. The summed E-state index contributed by atoms with van der Waals surface area (Å²) in [4.78, 5) is 2.57. The second kappa shape index (κ2) is 1.76. The molecule has 2 rings (SSSR count). The lowest BCUT2D eigenvalue weighted by Crippen LogP contribution is -2.52. The highest BCUT2D eigenvalue weighted by molar-refractivity contribution is 5.10. The van der Waals surface area contributed by atoms with Crippen molar-refractivity contribution >= 4 is 0 Å². The van der Waals surface area contributed by atoms with Crippen LogP contribution in [0.5, 0.6) is 0 Å². The van der Waals surface area contributed by atoms with E-state index in [0.717, 1.165) is 17.4 Å². The smallest absolute Gasteiger partial charge is 0.00559 e. The van der Waals surface area contributed by atoms with E-state index in [9.17, 15) is 0 Å². The first-order valence-electron chi connectivity index (χ1n) is 4.38. The molecule has 58 valence electrons. The molecule has 0 radical (unpaired) electrons. The third-order valence-electron chi connectivity index (χ3n) is 3.36. The number of nitrogens with zero attached hydrogens (tertiary/aromatic N) is 1. The Hall–Kier alpha value is -0.0400. The fourth-order valence-corrected chi connectivity index (χ4v) is 2.12. The molecule has 0 aromatic carbocycles. The Labute approximate surface area is 63.4 Å². The van der Waals surface area contributed by atoms with Gasteiger partial charge < -0.3 is 0 Å². The first-order chi connectivity index (χ1) is 4.64. The molecular formula is C9H17N. The molecule has 1 saturated carbocycles. The average molecular weight is 139 g/mol. The molecule has 0 aromatic rings. The fraction of sp³-hybridized carbons (Fsp3) is 1.00. The van der Waals surface area contributed by atoms with Crippen LogP contribution in [-0.4, -0.2) is 24.0 Å². The Bertz CT molecular complexity index is 145. The van der Waals surface area contributed by atoms with Crippen molar-refractivity contribution in [3.05, 3.63) is 0 Å². The summed E-state index contributed by atoms with van der Waals surface area (Å²) in [6, 6.07) is 0.776. The SMILES string of the molecule is CC(C)N1CC2(CC2C)C1. The average Bonchev–Trinajstić information content (AvgIpc) is 2.36. The van der Waals surface area contributed by atoms with Gasteiger partial charge in [0.2, 0.25) is 0 Å². The van der Waals surface area contributed by atoms with Crippen LogP contribution >= 0.6 is 0 Å². The van der Waals surface area contributed by atoms with Gasteiger partial charge in [0.25, 0.3) is 0 Å². The van der Waals surface area contributed by atoms with Crippen LogP contribution in [-0.2, 0) is 0 Å². The van der Waals surface area contributed by atoms with Crippen molar-refractivity contribution in [2.75, 3.05) is 13.1 Å². The standard InChI is InChI=1S/C9H17N/c1-7(2)10-5-9(6-10)4-8(9)3/h7-8H,4-6H2,1-3H3. The molecule has 10 heavy (non-hydrogen) atoms. The number of rotatable bonds is 1. The Morgan fingerprint density at radius 2 is 1.90 bits per heavy atom. The Morgan fingerprint density at radius 3 is 2.20 bits per heavy atom. The maximum Gasteiger partial charge on any atom is 0.00559 e. The van der Waals surface area contributed by atoms with Gasteiger partial charge in [0.05, 0.1) is 0 Å². The minimum absolute atomic E-state index is 0.776. The molecule has 2 aliphatic rings. The first kappa shape index (κ1) is 6.66. The van der Waals surface area contributed by atoms with Crippen molar-refractivity contribution in [3.8, 4) is 0 Å². The number of likely N-dealkylation sites (tertiary alicyclic amines) is 1. The molecule has 1 atom stereocenters. The van der Waals surface area contributed by atoms with Crippen LogP contribution in [0.4, 0.5) is 0 Å². The second-order valence-corrected chi connectivity index (χ2v) is 4.47. The van der Waals surface area contributed by atoms with Crippen LogP contribution in [0.2, 0.25) is 0 Å². The van der Waals surface area contributed by atoms with Gasteiger partial charge in [-0.2, -0.15) is 0 Å². The zero-order chi connectivity index (χ0) is 7.35. The molecule has 1 aliphatic heterocycles. The molecular weight excluding hydrogens is 122 g/mol. The van der Waals surface area contributed by atoms with Gasteiger partial charge in [0.15, 0.2) is 0 Å². The predicted molar refractivity (Wildman–Crippen MR) is 42.9 cm³/mol. The zero-order valence-corrected chi connectivity index (χ0v) is 7.22. The lowest BCUT2D eigenvalue weighted by atomic mass is 9.92. The van der Waals surface area contributed by atoms with Crippen LogP contribution in [0.25, 0.3) is 0 Å². The third-order valence-corrected chi connectivity index (χ3v) is 3.36. The van der Waals surface area contributed by atoms with Crippen molar-refractivity contribution in [2.45, 2.75) is 33.2 Å². The Morgan fingerprint density at radius 1 is 1.40 bits per heavy atom. The molecule has 1 saturated heterocycles. The predicted octanol–water partition coefficient (Wildman–Crippen LogP) is 1.74. The minimum Gasteiger partial charge on any atom is -0.300 e. The molecule has 1 spiro atoms. The van der Waals surface area contributed by atoms with Crippen LogP contribution < -0.4 is 0 Å². The molecule has 0 bridgehead atoms. The molecule has 1 unspecified atom stereocenters. The van der Waals surface area contributed by atoms with Gasteiger partial charge in [-0.1, -0.05) is 6.92 Å². The maximum atomic E-state index is 2.57. The van der Waals surface area contributed by atoms with E-state index in [-0.39, 0.29) is 0 Å². The van der Waals surface area contributed by atoms with Gasteiger partial charge in [0.1, 0.15) is 0 Å². The van der Waals surface area contributed by atoms with E-state index in [1.807, 2.05) is 0 Å². The topological polar surface area (TPSA) is 3.24 Å². The molecule has 0 amide bonds. The summed E-state index contributed by atoms with van der Waals surface area (Å²) in [5.74, 6) is 1.03. The van der Waals surface area contributed by atoms with Crippen molar-refractivity contribution in [3.63, 3.8) is 0 Å². The second-order valence-electron chi connectivity index (χ2n) is 4.47. The van der Waals surface area contributed by atoms with Gasteiger partial charge >= 0.3 is 0 Å². The summed E-state index contributed by atoms with van der Waals surface area (Å²) in [5, 5.41) is 0. The Kier molecular flexibility index (Phi) is 1.17. The van der Waals surface area contributed by atoms with Gasteiger partial charge in [-0.15, -0.1) is 0 Å². The molecule has 0 N–H and O–H groups in total. The maximum absolute atomic E-state index is 2.57. The van der Waals surface area contributed by atoms with E-state index >= 15 is 0 Å². The highest BCUT2D eigenvalue weighted by Gasteiger charge is 2.58. The lowest BCUT2D eigenvalue weighted by Gasteiger charge is -2.43. The number of hydrogen-bond donors (Lipinski definition) is 0. The van der Waals surface area contributed by atoms with E-state index < -0.39 is 0 Å². The van der Waals surface area contributed by atoms with E-state index in [1.54, 1.807) is 0 Å². The quantitative estimate of drug-likeness (QED) is 0.535. The summed E-state index contributed by atoms with van der Waals surface area (Å²) in [7, 11) is 0. The monoisotopic (exact) mass is 139 g/mol. The van der Waals surface area contributed by atoms with Gasteiger partial charge in [-0.25, -0.2) is 0 Å². The summed E-state index contributed by atoms with van der Waals surface area (Å²) >= 11 is 0. The number of hydrogen-bond acceptors (Lipinski definition) is 1. The van der Waals surface area contributed by atoms with Crippen LogP contribution in [0.3, 0.4) is 0 Å². The van der Waals surface area contributed by atoms with Gasteiger partial charge in [-0.3, -0.25) is 4.90 Å². The summed E-state index contributed by atoms with van der Waals surface area (Å²) < 4.78 is 0. The molecule has 1 heterocycles. The molecule has 1 nitrogen and oxygen atoms in total. The van der Waals surface area contributed by atoms with E-state index in [1.165, 1.54) is 19.5 Å². The molecule has 1 aliphatic carbocycles. The van der Waals surface area contributed by atoms with Crippen LogP contribution in [0.1, 0.15) is 27.2 Å². The fourth-order valence-electron chi connectivity index (χ4n) is 2.12. The summed E-state index contributed by atoms with van der Waals surface area (Å²) in [6.07, 6.45) is 1.50. The highest BCUT2D eigenvalue weighted by Crippen LogP contribution is 2.58. The highest BCUT2D eigenvalue weighted by atomic mass is 15.2. The van der Waals surface area contributed by atoms with Gasteiger partial charge in [-0.05, 0) is 31.6 Å². The summed E-state index contributed by atoms with van der Waals surface area (Å²) in [6.45, 7) is 9.73. The van der Waals surface area contributed by atoms with Crippen LogP contribution in [0.15, 0.2) is 0 Å². The van der Waals surface area contributed by atoms with E-state index in [4.69, 9.17) is 0 Å². The molecule has 2 fully saturated rings. The molecule has 1 heteroatoms. The van der Waals surface area contributed by atoms with Gasteiger partial charge in [0, 0.05) is 19.1 Å². The van der Waals surface area contributed by atoms with E-state index in [2.05, 4.69) is 25.7 Å². The van der Waals surface area contributed by atoms with Crippen molar-refractivity contribution in [1.82, 2.24) is 4.90 Å².